The second-order valence-corrected chi connectivity index (χ2v) is 4.90. The van der Waals surface area contributed by atoms with Crippen LogP contribution in [0.1, 0.15) is 31.9 Å². The van der Waals surface area contributed by atoms with Gasteiger partial charge in [-0.15, -0.1) is 0 Å². The normalized spacial score (nSPS) is 11.7. The molecule has 0 bridgehead atoms. The molecule has 0 aliphatic heterocycles. The Kier molecular flexibility index (Phi) is 5.85. The number of benzene rings is 1. The lowest BCUT2D eigenvalue weighted by Crippen LogP contribution is -2.31. The first-order valence-electron chi connectivity index (χ1n) is 5.79. The van der Waals surface area contributed by atoms with Gasteiger partial charge in [0.15, 0.2) is 0 Å². The van der Waals surface area contributed by atoms with E-state index >= 15 is 0 Å². The molecule has 18 heavy (non-hydrogen) atoms. The predicted octanol–water partition coefficient (Wildman–Crippen LogP) is 2.15. The van der Waals surface area contributed by atoms with Gasteiger partial charge in [0.2, 0.25) is 11.8 Å². The van der Waals surface area contributed by atoms with E-state index in [-0.39, 0.29) is 24.3 Å². The van der Waals surface area contributed by atoms with E-state index in [0.717, 1.165) is 10.0 Å². The third kappa shape index (κ3) is 4.87. The SMILES string of the molecule is CC(=O)NCCC(=O)NC(C)c1ccccc1Br. The smallest absolute Gasteiger partial charge is 0.222 e. The highest BCUT2D eigenvalue weighted by Gasteiger charge is 2.11. The largest absolute Gasteiger partial charge is 0.356 e. The number of amides is 2. The number of carbonyl (C=O) groups excluding carboxylic acids is 2. The number of carbonyl (C=O) groups is 2. The van der Waals surface area contributed by atoms with Crippen molar-refractivity contribution < 1.29 is 9.59 Å². The van der Waals surface area contributed by atoms with Gasteiger partial charge in [0.1, 0.15) is 0 Å². The van der Waals surface area contributed by atoms with Crippen molar-refractivity contribution in [2.24, 2.45) is 0 Å². The van der Waals surface area contributed by atoms with Crippen LogP contribution in [0.5, 0.6) is 0 Å². The minimum Gasteiger partial charge on any atom is -0.356 e. The molecule has 0 saturated carbocycles. The monoisotopic (exact) mass is 312 g/mol. The van der Waals surface area contributed by atoms with Gasteiger partial charge < -0.3 is 10.6 Å². The zero-order valence-corrected chi connectivity index (χ0v) is 12.1. The van der Waals surface area contributed by atoms with Crippen LogP contribution in [0.15, 0.2) is 28.7 Å². The first-order valence-corrected chi connectivity index (χ1v) is 6.58. The Morgan fingerprint density at radius 2 is 2.00 bits per heavy atom. The molecular weight excluding hydrogens is 296 g/mol. The summed E-state index contributed by atoms with van der Waals surface area (Å²) in [7, 11) is 0. The second kappa shape index (κ2) is 7.16. The molecule has 1 aromatic carbocycles. The molecule has 0 aliphatic carbocycles. The molecule has 0 aromatic heterocycles. The van der Waals surface area contributed by atoms with E-state index in [1.807, 2.05) is 31.2 Å². The van der Waals surface area contributed by atoms with Crippen molar-refractivity contribution in [3.63, 3.8) is 0 Å². The number of hydrogen-bond acceptors (Lipinski definition) is 2. The molecular formula is C13H17BrN2O2. The maximum absolute atomic E-state index is 11.6. The van der Waals surface area contributed by atoms with Gasteiger partial charge in [-0.25, -0.2) is 0 Å². The molecule has 0 spiro atoms. The summed E-state index contributed by atoms with van der Waals surface area (Å²) < 4.78 is 0.972. The Labute approximate surface area is 115 Å². The van der Waals surface area contributed by atoms with Gasteiger partial charge in [-0.1, -0.05) is 34.1 Å². The van der Waals surface area contributed by atoms with Crippen molar-refractivity contribution in [3.05, 3.63) is 34.3 Å². The van der Waals surface area contributed by atoms with Gasteiger partial charge in [0.25, 0.3) is 0 Å². The molecule has 0 saturated heterocycles. The highest BCUT2D eigenvalue weighted by molar-refractivity contribution is 9.10. The highest BCUT2D eigenvalue weighted by Crippen LogP contribution is 2.22. The van der Waals surface area contributed by atoms with Crippen molar-refractivity contribution in [1.29, 1.82) is 0 Å². The standard InChI is InChI=1S/C13H17BrN2O2/c1-9(11-5-3-4-6-12(11)14)16-13(18)7-8-15-10(2)17/h3-6,9H,7-8H2,1-2H3,(H,15,17)(H,16,18). The lowest BCUT2D eigenvalue weighted by atomic mass is 10.1. The van der Waals surface area contributed by atoms with Crippen molar-refractivity contribution in [3.8, 4) is 0 Å². The summed E-state index contributed by atoms with van der Waals surface area (Å²) in [5.74, 6) is -0.200. The van der Waals surface area contributed by atoms with Crippen molar-refractivity contribution in [2.75, 3.05) is 6.54 Å². The van der Waals surface area contributed by atoms with E-state index in [1.54, 1.807) is 0 Å². The van der Waals surface area contributed by atoms with E-state index < -0.39 is 0 Å². The maximum Gasteiger partial charge on any atom is 0.222 e. The summed E-state index contributed by atoms with van der Waals surface area (Å²) in [5.41, 5.74) is 1.03. The van der Waals surface area contributed by atoms with Gasteiger partial charge >= 0.3 is 0 Å². The number of hydrogen-bond donors (Lipinski definition) is 2. The third-order valence-electron chi connectivity index (χ3n) is 2.48. The average Bonchev–Trinajstić information content (AvgIpc) is 2.28. The minimum atomic E-state index is -0.123. The highest BCUT2D eigenvalue weighted by atomic mass is 79.9. The summed E-state index contributed by atoms with van der Waals surface area (Å²) in [6.07, 6.45) is 0.286. The molecule has 5 heteroatoms. The van der Waals surface area contributed by atoms with E-state index in [4.69, 9.17) is 0 Å². The molecule has 1 rings (SSSR count). The van der Waals surface area contributed by atoms with E-state index in [1.165, 1.54) is 6.92 Å². The summed E-state index contributed by atoms with van der Waals surface area (Å²) in [6.45, 7) is 3.72. The first kappa shape index (κ1) is 14.7. The fourth-order valence-corrected chi connectivity index (χ4v) is 2.20. The lowest BCUT2D eigenvalue weighted by Gasteiger charge is -2.15. The van der Waals surface area contributed by atoms with Crippen LogP contribution in [-0.2, 0) is 9.59 Å². The zero-order chi connectivity index (χ0) is 13.5. The Morgan fingerprint density at radius 3 is 2.61 bits per heavy atom. The van der Waals surface area contributed by atoms with Crippen molar-refractivity contribution in [2.45, 2.75) is 26.3 Å². The van der Waals surface area contributed by atoms with Gasteiger partial charge in [-0.2, -0.15) is 0 Å². The topological polar surface area (TPSA) is 58.2 Å². The van der Waals surface area contributed by atoms with E-state index in [2.05, 4.69) is 26.6 Å². The van der Waals surface area contributed by atoms with Crippen LogP contribution in [0.3, 0.4) is 0 Å². The molecule has 0 aliphatic rings. The van der Waals surface area contributed by atoms with Gasteiger partial charge in [0.05, 0.1) is 6.04 Å². The predicted molar refractivity (Wildman–Crippen MR) is 74.0 cm³/mol. The van der Waals surface area contributed by atoms with Gasteiger partial charge in [-0.3, -0.25) is 9.59 Å². The van der Waals surface area contributed by atoms with Crippen LogP contribution in [0, 0.1) is 0 Å². The maximum atomic E-state index is 11.6. The average molecular weight is 313 g/mol. The summed E-state index contributed by atoms with van der Waals surface area (Å²) in [4.78, 5) is 22.3. The second-order valence-electron chi connectivity index (χ2n) is 4.04. The Hall–Kier alpha value is -1.36. The summed E-state index contributed by atoms with van der Waals surface area (Å²) in [5, 5.41) is 5.48. The van der Waals surface area contributed by atoms with Gasteiger partial charge in [0, 0.05) is 24.4 Å². The molecule has 4 nitrogen and oxygen atoms in total. The quantitative estimate of drug-likeness (QED) is 0.875. The first-order chi connectivity index (χ1) is 8.50. The minimum absolute atomic E-state index is 0.0644. The molecule has 1 unspecified atom stereocenters. The van der Waals surface area contributed by atoms with Crippen molar-refractivity contribution in [1.82, 2.24) is 10.6 Å². The fourth-order valence-electron chi connectivity index (χ4n) is 1.57. The van der Waals surface area contributed by atoms with E-state index in [0.29, 0.717) is 6.54 Å². The Bertz CT molecular complexity index is 435. The van der Waals surface area contributed by atoms with Crippen molar-refractivity contribution >= 4 is 27.7 Å². The number of nitrogens with one attached hydrogen (secondary N) is 2. The third-order valence-corrected chi connectivity index (χ3v) is 3.20. The summed E-state index contributed by atoms with van der Waals surface area (Å²) >= 11 is 3.45. The molecule has 2 N–H and O–H groups in total. The molecule has 1 aromatic rings. The van der Waals surface area contributed by atoms with Crippen LogP contribution in [0.2, 0.25) is 0 Å². The Morgan fingerprint density at radius 1 is 1.33 bits per heavy atom. The number of rotatable bonds is 5. The van der Waals surface area contributed by atoms with Crippen LogP contribution >= 0.6 is 15.9 Å². The molecule has 98 valence electrons. The molecule has 0 heterocycles. The lowest BCUT2D eigenvalue weighted by molar-refractivity contribution is -0.122. The van der Waals surface area contributed by atoms with Crippen LogP contribution in [0.25, 0.3) is 0 Å². The summed E-state index contributed by atoms with van der Waals surface area (Å²) in [6, 6.07) is 7.70. The fraction of sp³-hybridized carbons (Fsp3) is 0.385. The van der Waals surface area contributed by atoms with Gasteiger partial charge in [-0.05, 0) is 18.6 Å². The zero-order valence-electron chi connectivity index (χ0n) is 10.5. The Balaban J connectivity index is 2.45. The van der Waals surface area contributed by atoms with Crippen LogP contribution < -0.4 is 10.6 Å². The molecule has 2 amide bonds. The van der Waals surface area contributed by atoms with Crippen LogP contribution in [-0.4, -0.2) is 18.4 Å². The van der Waals surface area contributed by atoms with Crippen LogP contribution in [0.4, 0.5) is 0 Å². The molecule has 0 radical (unpaired) electrons. The molecule has 1 atom stereocenters. The molecule has 0 fully saturated rings. The number of halogens is 1. The van der Waals surface area contributed by atoms with E-state index in [9.17, 15) is 9.59 Å².